The Bertz CT molecular complexity index is 590. The second-order valence-corrected chi connectivity index (χ2v) is 4.82. The van der Waals surface area contributed by atoms with Crippen LogP contribution in [0.3, 0.4) is 0 Å². The Morgan fingerprint density at radius 3 is 2.81 bits per heavy atom. The summed E-state index contributed by atoms with van der Waals surface area (Å²) in [5.74, 6) is 0.877. The number of nitrogens with zero attached hydrogens (tertiary/aromatic N) is 2. The first kappa shape index (κ1) is 15.2. The molecule has 2 aromatic rings. The highest BCUT2D eigenvalue weighted by Gasteiger charge is 2.12. The molecule has 4 heteroatoms. The lowest BCUT2D eigenvalue weighted by atomic mass is 10.1. The SMILES string of the molecule is C=CCCCCOc1ccccc1-c1cnc(OC)n1C. The number of hydrogen-bond donors (Lipinski definition) is 0. The molecule has 0 fully saturated rings. The van der Waals surface area contributed by atoms with Crippen LogP contribution in [0.1, 0.15) is 19.3 Å². The summed E-state index contributed by atoms with van der Waals surface area (Å²) in [7, 11) is 3.55. The number of para-hydroxylation sites is 1. The molecule has 0 unspecified atom stereocenters. The van der Waals surface area contributed by atoms with Crippen molar-refractivity contribution < 1.29 is 9.47 Å². The van der Waals surface area contributed by atoms with Crippen LogP contribution in [0.4, 0.5) is 0 Å². The first-order valence-electron chi connectivity index (χ1n) is 7.16. The third-order valence-corrected chi connectivity index (χ3v) is 3.35. The Balaban J connectivity index is 2.12. The molecule has 21 heavy (non-hydrogen) atoms. The van der Waals surface area contributed by atoms with E-state index in [2.05, 4.69) is 11.6 Å². The number of aromatic nitrogens is 2. The zero-order valence-electron chi connectivity index (χ0n) is 12.7. The third kappa shape index (κ3) is 3.66. The lowest BCUT2D eigenvalue weighted by molar-refractivity contribution is 0.308. The van der Waals surface area contributed by atoms with Crippen LogP contribution in [0.15, 0.2) is 43.1 Å². The summed E-state index contributed by atoms with van der Waals surface area (Å²) in [6, 6.07) is 8.60. The van der Waals surface area contributed by atoms with E-state index >= 15 is 0 Å². The second-order valence-electron chi connectivity index (χ2n) is 4.82. The summed E-state index contributed by atoms with van der Waals surface area (Å²) in [5.41, 5.74) is 2.01. The molecule has 0 aliphatic carbocycles. The molecule has 1 aromatic carbocycles. The van der Waals surface area contributed by atoms with E-state index in [1.807, 2.05) is 42.0 Å². The van der Waals surface area contributed by atoms with Crippen molar-refractivity contribution in [2.24, 2.45) is 7.05 Å². The van der Waals surface area contributed by atoms with Crippen LogP contribution in [-0.2, 0) is 7.05 Å². The monoisotopic (exact) mass is 286 g/mol. The fraction of sp³-hybridized carbons (Fsp3) is 0.353. The van der Waals surface area contributed by atoms with Gasteiger partial charge in [-0.1, -0.05) is 18.2 Å². The van der Waals surface area contributed by atoms with Crippen LogP contribution < -0.4 is 9.47 Å². The smallest absolute Gasteiger partial charge is 0.296 e. The number of allylic oxidation sites excluding steroid dienone is 1. The van der Waals surface area contributed by atoms with Gasteiger partial charge in [0.05, 0.1) is 25.6 Å². The van der Waals surface area contributed by atoms with Crippen LogP contribution in [0, 0.1) is 0 Å². The molecule has 4 nitrogen and oxygen atoms in total. The van der Waals surface area contributed by atoms with Crippen molar-refractivity contribution in [3.63, 3.8) is 0 Å². The van der Waals surface area contributed by atoms with Crippen molar-refractivity contribution in [2.45, 2.75) is 19.3 Å². The van der Waals surface area contributed by atoms with Crippen molar-refractivity contribution in [3.8, 4) is 23.0 Å². The van der Waals surface area contributed by atoms with Crippen molar-refractivity contribution in [1.29, 1.82) is 0 Å². The highest BCUT2D eigenvalue weighted by molar-refractivity contribution is 5.67. The second kappa shape index (κ2) is 7.53. The van der Waals surface area contributed by atoms with Crippen molar-refractivity contribution >= 4 is 0 Å². The number of rotatable bonds is 8. The van der Waals surface area contributed by atoms with E-state index in [0.717, 1.165) is 36.3 Å². The molecular formula is C17H22N2O2. The van der Waals surface area contributed by atoms with Gasteiger partial charge in [0.2, 0.25) is 0 Å². The molecule has 0 N–H and O–H groups in total. The van der Waals surface area contributed by atoms with E-state index in [1.54, 1.807) is 13.3 Å². The van der Waals surface area contributed by atoms with Gasteiger partial charge in [0, 0.05) is 12.6 Å². The standard InChI is InChI=1S/C17H22N2O2/c1-4-5-6-9-12-21-16-11-8-7-10-14(16)15-13-18-17(20-3)19(15)2/h4,7-8,10-11,13H,1,5-6,9,12H2,2-3H3. The molecule has 1 aromatic heterocycles. The van der Waals surface area contributed by atoms with E-state index in [1.165, 1.54) is 0 Å². The average molecular weight is 286 g/mol. The van der Waals surface area contributed by atoms with Gasteiger partial charge in [0.25, 0.3) is 6.01 Å². The summed E-state index contributed by atoms with van der Waals surface area (Å²) < 4.78 is 13.1. The quantitative estimate of drug-likeness (QED) is 0.546. The van der Waals surface area contributed by atoms with E-state index in [4.69, 9.17) is 9.47 Å². The highest BCUT2D eigenvalue weighted by Crippen LogP contribution is 2.31. The molecule has 0 saturated heterocycles. The van der Waals surface area contributed by atoms with Gasteiger partial charge in [0.15, 0.2) is 0 Å². The zero-order chi connectivity index (χ0) is 15.1. The molecule has 2 rings (SSSR count). The van der Waals surface area contributed by atoms with Gasteiger partial charge in [-0.25, -0.2) is 4.98 Å². The van der Waals surface area contributed by atoms with Crippen LogP contribution in [0.25, 0.3) is 11.3 Å². The Labute approximate surface area is 126 Å². The van der Waals surface area contributed by atoms with Gasteiger partial charge >= 0.3 is 0 Å². The van der Waals surface area contributed by atoms with E-state index < -0.39 is 0 Å². The maximum atomic E-state index is 5.92. The van der Waals surface area contributed by atoms with Crippen LogP contribution in [0.5, 0.6) is 11.8 Å². The fourth-order valence-corrected chi connectivity index (χ4v) is 2.21. The summed E-state index contributed by atoms with van der Waals surface area (Å²) in [6.45, 7) is 4.44. The number of methoxy groups -OCH3 is 1. The Hall–Kier alpha value is -2.23. The number of benzene rings is 1. The van der Waals surface area contributed by atoms with Crippen LogP contribution in [-0.4, -0.2) is 23.3 Å². The normalized spacial score (nSPS) is 10.4. The molecule has 0 bridgehead atoms. The van der Waals surface area contributed by atoms with Crippen LogP contribution in [0.2, 0.25) is 0 Å². The minimum atomic E-state index is 0.589. The summed E-state index contributed by atoms with van der Waals surface area (Å²) >= 11 is 0. The third-order valence-electron chi connectivity index (χ3n) is 3.35. The molecule has 0 radical (unpaired) electrons. The highest BCUT2D eigenvalue weighted by atomic mass is 16.5. The Kier molecular flexibility index (Phi) is 5.43. The predicted molar refractivity (Wildman–Crippen MR) is 84.7 cm³/mol. The van der Waals surface area contributed by atoms with Crippen molar-refractivity contribution in [2.75, 3.05) is 13.7 Å². The zero-order valence-corrected chi connectivity index (χ0v) is 12.7. The molecule has 0 amide bonds. The number of ether oxygens (including phenoxy) is 2. The molecule has 0 spiro atoms. The van der Waals surface area contributed by atoms with Gasteiger partial charge in [-0.3, -0.25) is 4.57 Å². The largest absolute Gasteiger partial charge is 0.493 e. The number of imidazole rings is 1. The molecule has 0 saturated carbocycles. The minimum absolute atomic E-state index is 0.589. The molecular weight excluding hydrogens is 264 g/mol. The topological polar surface area (TPSA) is 36.3 Å². The first-order valence-corrected chi connectivity index (χ1v) is 7.16. The van der Waals surface area contributed by atoms with Crippen molar-refractivity contribution in [3.05, 3.63) is 43.1 Å². The molecule has 0 atom stereocenters. The molecule has 0 aliphatic heterocycles. The lowest BCUT2D eigenvalue weighted by Gasteiger charge is -2.12. The first-order chi connectivity index (χ1) is 10.3. The van der Waals surface area contributed by atoms with Crippen LogP contribution >= 0.6 is 0 Å². The molecule has 0 aliphatic rings. The maximum Gasteiger partial charge on any atom is 0.296 e. The van der Waals surface area contributed by atoms with Gasteiger partial charge in [-0.2, -0.15) is 0 Å². The Morgan fingerprint density at radius 2 is 2.10 bits per heavy atom. The average Bonchev–Trinajstić information content (AvgIpc) is 2.88. The van der Waals surface area contributed by atoms with Gasteiger partial charge < -0.3 is 9.47 Å². The summed E-state index contributed by atoms with van der Waals surface area (Å²) in [4.78, 5) is 4.25. The van der Waals surface area contributed by atoms with E-state index in [-0.39, 0.29) is 0 Å². The predicted octanol–water partition coefficient (Wildman–Crippen LogP) is 3.83. The van der Waals surface area contributed by atoms with Gasteiger partial charge in [0.1, 0.15) is 5.75 Å². The lowest BCUT2D eigenvalue weighted by Crippen LogP contribution is -2.01. The number of unbranched alkanes of at least 4 members (excludes halogenated alkanes) is 2. The number of hydrogen-bond acceptors (Lipinski definition) is 3. The summed E-state index contributed by atoms with van der Waals surface area (Å²) in [5, 5.41) is 0. The summed E-state index contributed by atoms with van der Waals surface area (Å²) in [6.07, 6.45) is 6.90. The molecule has 112 valence electrons. The maximum absolute atomic E-state index is 5.92. The minimum Gasteiger partial charge on any atom is -0.493 e. The van der Waals surface area contributed by atoms with Gasteiger partial charge in [-0.05, 0) is 31.4 Å². The van der Waals surface area contributed by atoms with E-state index in [9.17, 15) is 0 Å². The molecule has 1 heterocycles. The van der Waals surface area contributed by atoms with Crippen molar-refractivity contribution in [1.82, 2.24) is 9.55 Å². The van der Waals surface area contributed by atoms with Gasteiger partial charge in [-0.15, -0.1) is 6.58 Å². The fourth-order valence-electron chi connectivity index (χ4n) is 2.21. The Morgan fingerprint density at radius 1 is 1.29 bits per heavy atom. The van der Waals surface area contributed by atoms with E-state index in [0.29, 0.717) is 12.6 Å².